The van der Waals surface area contributed by atoms with Crippen molar-refractivity contribution in [3.63, 3.8) is 0 Å². The van der Waals surface area contributed by atoms with Crippen LogP contribution in [0.25, 0.3) is 11.1 Å². The van der Waals surface area contributed by atoms with Crippen LogP contribution in [0.4, 0.5) is 0 Å². The van der Waals surface area contributed by atoms with E-state index in [9.17, 15) is 4.79 Å². The van der Waals surface area contributed by atoms with Crippen LogP contribution < -0.4 is 10.5 Å². The number of nitrogens with zero attached hydrogens (tertiary/aromatic N) is 2. The van der Waals surface area contributed by atoms with Crippen molar-refractivity contribution in [2.45, 2.75) is 31.2 Å². The molecule has 1 aliphatic carbocycles. The molecule has 5 rings (SSSR count). The van der Waals surface area contributed by atoms with E-state index in [1.54, 1.807) is 14.2 Å². The predicted molar refractivity (Wildman–Crippen MR) is 115 cm³/mol. The summed E-state index contributed by atoms with van der Waals surface area (Å²) in [7, 11) is 3.38. The first-order valence-electron chi connectivity index (χ1n) is 10.5. The molecule has 1 saturated heterocycles. The third-order valence-corrected chi connectivity index (χ3v) is 7.02. The van der Waals surface area contributed by atoms with Crippen LogP contribution in [0.15, 0.2) is 47.5 Å². The molecule has 0 saturated carbocycles. The fourth-order valence-corrected chi connectivity index (χ4v) is 5.35. The van der Waals surface area contributed by atoms with Gasteiger partial charge in [-0.1, -0.05) is 24.3 Å². The Labute approximate surface area is 176 Å². The number of carbonyl (C=O) groups is 1. The van der Waals surface area contributed by atoms with Crippen LogP contribution in [0.1, 0.15) is 30.4 Å². The zero-order valence-electron chi connectivity index (χ0n) is 17.5. The molecule has 6 nitrogen and oxygen atoms in total. The second kappa shape index (κ2) is 6.84. The highest BCUT2D eigenvalue weighted by molar-refractivity contribution is 6.07. The summed E-state index contributed by atoms with van der Waals surface area (Å²) in [6.07, 6.45) is 3.51. The summed E-state index contributed by atoms with van der Waals surface area (Å²) in [6, 6.07) is 14.4. The van der Waals surface area contributed by atoms with Crippen molar-refractivity contribution in [1.29, 1.82) is 0 Å². The molecule has 1 fully saturated rings. The molecule has 3 aliphatic rings. The molecular formula is C24H27N3O3. The third-order valence-electron chi connectivity index (χ3n) is 7.02. The molecule has 156 valence electrons. The Morgan fingerprint density at radius 3 is 2.60 bits per heavy atom. The van der Waals surface area contributed by atoms with Gasteiger partial charge >= 0.3 is 0 Å². The predicted octanol–water partition coefficient (Wildman–Crippen LogP) is 3.09. The Balaban J connectivity index is 1.67. The normalized spacial score (nSPS) is 24.8. The first-order valence-corrected chi connectivity index (χ1v) is 10.5. The standard InChI is InChI=1S/C24H27N3O3/c1-27-21(28)24(26-22(27)25)15-23(8-10-30-11-9-23)14-18-7-6-17(13-20(18)24)16-4-3-5-19(12-16)29-2/h3-7,12-13H,8-11,14-15H2,1-2H3,(H2,25,26). The minimum atomic E-state index is -0.946. The van der Waals surface area contributed by atoms with Gasteiger partial charge in [-0.15, -0.1) is 0 Å². The highest BCUT2D eigenvalue weighted by atomic mass is 16.5. The summed E-state index contributed by atoms with van der Waals surface area (Å²) in [5.41, 5.74) is 9.50. The molecule has 2 heterocycles. The van der Waals surface area contributed by atoms with Gasteiger partial charge in [0.05, 0.1) is 7.11 Å². The van der Waals surface area contributed by atoms with Crippen LogP contribution in [0.5, 0.6) is 5.75 Å². The number of fused-ring (bicyclic) bond motifs is 2. The van der Waals surface area contributed by atoms with Crippen LogP contribution in [0.2, 0.25) is 0 Å². The number of guanidine groups is 1. The maximum Gasteiger partial charge on any atom is 0.261 e. The van der Waals surface area contributed by atoms with Crippen LogP contribution in [0.3, 0.4) is 0 Å². The van der Waals surface area contributed by atoms with Crippen molar-refractivity contribution in [2.24, 2.45) is 16.1 Å². The summed E-state index contributed by atoms with van der Waals surface area (Å²) in [6.45, 7) is 1.47. The van der Waals surface area contributed by atoms with Crippen molar-refractivity contribution < 1.29 is 14.3 Å². The lowest BCUT2D eigenvalue weighted by molar-refractivity contribution is -0.133. The fourth-order valence-electron chi connectivity index (χ4n) is 5.35. The van der Waals surface area contributed by atoms with E-state index in [-0.39, 0.29) is 11.3 Å². The summed E-state index contributed by atoms with van der Waals surface area (Å²) in [4.78, 5) is 19.8. The average molecular weight is 405 g/mol. The number of hydrogen-bond donors (Lipinski definition) is 1. The number of amides is 1. The van der Waals surface area contributed by atoms with E-state index in [1.807, 2.05) is 18.2 Å². The monoisotopic (exact) mass is 405 g/mol. The maximum atomic E-state index is 13.5. The molecule has 6 heteroatoms. The van der Waals surface area contributed by atoms with Gasteiger partial charge in [0.15, 0.2) is 11.5 Å². The van der Waals surface area contributed by atoms with Crippen molar-refractivity contribution >= 4 is 11.9 Å². The minimum Gasteiger partial charge on any atom is -0.497 e. The van der Waals surface area contributed by atoms with Gasteiger partial charge in [0.1, 0.15) is 5.75 Å². The van der Waals surface area contributed by atoms with Crippen molar-refractivity contribution in [3.05, 3.63) is 53.6 Å². The molecule has 1 atom stereocenters. The molecule has 1 amide bonds. The van der Waals surface area contributed by atoms with Gasteiger partial charge < -0.3 is 15.2 Å². The zero-order valence-corrected chi connectivity index (χ0v) is 17.5. The SMILES string of the molecule is COc1cccc(-c2ccc3c(c2)C2(CC4(CCOCC4)C3)N=C(N)N(C)C2=O)c1. The lowest BCUT2D eigenvalue weighted by Crippen LogP contribution is -2.49. The molecule has 0 bridgehead atoms. The number of ether oxygens (including phenoxy) is 2. The second-order valence-electron chi connectivity index (χ2n) is 8.76. The number of hydrogen-bond acceptors (Lipinski definition) is 5. The average Bonchev–Trinajstić information content (AvgIpc) is 2.98. The highest BCUT2D eigenvalue weighted by Gasteiger charge is 2.56. The van der Waals surface area contributed by atoms with Gasteiger partial charge in [-0.2, -0.15) is 0 Å². The quantitative estimate of drug-likeness (QED) is 0.833. The first-order chi connectivity index (χ1) is 14.5. The molecule has 2 aliphatic heterocycles. The zero-order chi connectivity index (χ0) is 20.9. The number of methoxy groups -OCH3 is 1. The molecule has 2 N–H and O–H groups in total. The lowest BCUT2D eigenvalue weighted by atomic mass is 9.60. The molecule has 2 aromatic rings. The number of likely N-dealkylation sites (N-methyl/N-ethyl adjacent to an activating group) is 1. The van der Waals surface area contributed by atoms with Crippen LogP contribution in [-0.2, 0) is 21.5 Å². The number of aliphatic imine (C=N–C) groups is 1. The van der Waals surface area contributed by atoms with Gasteiger partial charge in [-0.25, -0.2) is 4.99 Å². The van der Waals surface area contributed by atoms with Crippen molar-refractivity contribution in [1.82, 2.24) is 4.90 Å². The summed E-state index contributed by atoms with van der Waals surface area (Å²) >= 11 is 0. The summed E-state index contributed by atoms with van der Waals surface area (Å²) in [5, 5.41) is 0. The van der Waals surface area contributed by atoms with Gasteiger partial charge in [0, 0.05) is 20.3 Å². The number of benzene rings is 2. The highest BCUT2D eigenvalue weighted by Crippen LogP contribution is 2.54. The second-order valence-corrected chi connectivity index (χ2v) is 8.76. The van der Waals surface area contributed by atoms with E-state index >= 15 is 0 Å². The van der Waals surface area contributed by atoms with Crippen LogP contribution in [-0.4, -0.2) is 44.1 Å². The Kier molecular flexibility index (Phi) is 4.36. The number of rotatable bonds is 2. The van der Waals surface area contributed by atoms with Gasteiger partial charge in [-0.05, 0) is 71.6 Å². The molecule has 0 aromatic heterocycles. The van der Waals surface area contributed by atoms with E-state index in [0.717, 1.165) is 54.9 Å². The Morgan fingerprint density at radius 2 is 1.90 bits per heavy atom. The molecule has 1 unspecified atom stereocenters. The number of carbonyl (C=O) groups excluding carboxylic acids is 1. The summed E-state index contributed by atoms with van der Waals surface area (Å²) < 4.78 is 11.0. The van der Waals surface area contributed by atoms with Gasteiger partial charge in [0.25, 0.3) is 5.91 Å². The van der Waals surface area contributed by atoms with E-state index in [1.165, 1.54) is 10.5 Å². The molecule has 30 heavy (non-hydrogen) atoms. The topological polar surface area (TPSA) is 77.2 Å². The Morgan fingerprint density at radius 1 is 1.13 bits per heavy atom. The summed E-state index contributed by atoms with van der Waals surface area (Å²) in [5.74, 6) is 1.07. The molecule has 2 spiro atoms. The minimum absolute atomic E-state index is 0.0212. The fraction of sp³-hybridized carbons (Fsp3) is 0.417. The Hall–Kier alpha value is -2.86. The van der Waals surface area contributed by atoms with Gasteiger partial charge in [0.2, 0.25) is 0 Å². The van der Waals surface area contributed by atoms with E-state index in [0.29, 0.717) is 12.4 Å². The first kappa shape index (κ1) is 19.1. The third kappa shape index (κ3) is 2.82. The van der Waals surface area contributed by atoms with Crippen molar-refractivity contribution in [3.8, 4) is 16.9 Å². The van der Waals surface area contributed by atoms with Crippen molar-refractivity contribution in [2.75, 3.05) is 27.4 Å². The lowest BCUT2D eigenvalue weighted by Gasteiger charge is -2.47. The van der Waals surface area contributed by atoms with Gasteiger partial charge in [-0.3, -0.25) is 9.69 Å². The smallest absolute Gasteiger partial charge is 0.261 e. The maximum absolute atomic E-state index is 13.5. The molecular weight excluding hydrogens is 378 g/mol. The van der Waals surface area contributed by atoms with E-state index in [4.69, 9.17) is 20.2 Å². The number of nitrogens with two attached hydrogens (primary N) is 1. The largest absolute Gasteiger partial charge is 0.497 e. The Bertz CT molecular complexity index is 1040. The van der Waals surface area contributed by atoms with Crippen LogP contribution in [0, 0.1) is 5.41 Å². The molecule has 0 radical (unpaired) electrons. The van der Waals surface area contributed by atoms with E-state index in [2.05, 4.69) is 24.3 Å². The van der Waals surface area contributed by atoms with Crippen LogP contribution >= 0.6 is 0 Å². The molecule has 2 aromatic carbocycles. The van der Waals surface area contributed by atoms with E-state index < -0.39 is 5.54 Å².